The van der Waals surface area contributed by atoms with Gasteiger partial charge in [-0.1, -0.05) is 5.16 Å². The number of aromatic nitrogens is 2. The van der Waals surface area contributed by atoms with Gasteiger partial charge in [0.2, 0.25) is 12.4 Å². The summed E-state index contributed by atoms with van der Waals surface area (Å²) in [5.41, 5.74) is 2.84. The zero-order valence-electron chi connectivity index (χ0n) is 15.6. The zero-order chi connectivity index (χ0) is 19.4. The summed E-state index contributed by atoms with van der Waals surface area (Å²) in [5, 5.41) is 4.14. The van der Waals surface area contributed by atoms with Crippen molar-refractivity contribution in [1.29, 1.82) is 0 Å². The maximum atomic E-state index is 13.0. The molecule has 27 heavy (non-hydrogen) atoms. The Morgan fingerprint density at radius 2 is 2.07 bits per heavy atom. The first-order valence-electron chi connectivity index (χ1n) is 8.71. The van der Waals surface area contributed by atoms with Crippen LogP contribution in [0.4, 0.5) is 0 Å². The first-order valence-corrected chi connectivity index (χ1v) is 8.71. The number of nitrogens with zero attached hydrogens (tertiary/aromatic N) is 4. The van der Waals surface area contributed by atoms with Gasteiger partial charge in [0.25, 0.3) is 0 Å². The second-order valence-corrected chi connectivity index (χ2v) is 6.34. The van der Waals surface area contributed by atoms with Crippen molar-refractivity contribution >= 4 is 17.5 Å². The van der Waals surface area contributed by atoms with E-state index >= 15 is 0 Å². The third kappa shape index (κ3) is 3.90. The highest BCUT2D eigenvalue weighted by Crippen LogP contribution is 2.28. The minimum absolute atomic E-state index is 0.0961. The van der Waals surface area contributed by atoms with Crippen LogP contribution in [0.25, 0.3) is 0 Å². The predicted molar refractivity (Wildman–Crippen MR) is 98.9 cm³/mol. The van der Waals surface area contributed by atoms with Crippen molar-refractivity contribution < 1.29 is 19.2 Å². The van der Waals surface area contributed by atoms with E-state index in [9.17, 15) is 9.59 Å². The molecule has 0 aromatic carbocycles. The van der Waals surface area contributed by atoms with Crippen LogP contribution in [0.3, 0.4) is 0 Å². The average molecular weight is 370 g/mol. The van der Waals surface area contributed by atoms with Gasteiger partial charge < -0.3 is 19.0 Å². The Kier molecular flexibility index (Phi) is 5.66. The molecule has 1 aliphatic rings. The lowest BCUT2D eigenvalue weighted by Gasteiger charge is -2.19. The number of esters is 1. The largest absolute Gasteiger partial charge is 0.463 e. The highest BCUT2D eigenvalue weighted by atomic mass is 16.7. The van der Waals surface area contributed by atoms with E-state index in [2.05, 4.69) is 10.1 Å². The Bertz CT molecular complexity index is 886. The lowest BCUT2D eigenvalue weighted by Crippen LogP contribution is -2.26. The molecule has 0 unspecified atom stereocenters. The number of hydrogen-bond acceptors (Lipinski definition) is 7. The lowest BCUT2D eigenvalue weighted by atomic mass is 9.89. The molecule has 0 saturated carbocycles. The summed E-state index contributed by atoms with van der Waals surface area (Å²) in [4.78, 5) is 35.8. The van der Waals surface area contributed by atoms with E-state index in [0.29, 0.717) is 34.6 Å². The van der Waals surface area contributed by atoms with Crippen molar-refractivity contribution in [3.05, 3.63) is 53.1 Å². The van der Waals surface area contributed by atoms with Gasteiger partial charge in [0.05, 0.1) is 17.9 Å². The standard InChI is InChI=1S/C19H22N4O4/c1-4-26-16(24)12-27-21-17-13-5-7-20-11-15(13)19(25)18-14(17)6-8-23(18)10-9-22(2)3/h5-8,11H,4,9-10,12H2,1-3H3/b21-17-. The number of fused-ring (bicyclic) bond motifs is 2. The summed E-state index contributed by atoms with van der Waals surface area (Å²) in [5.74, 6) is -0.589. The molecule has 0 atom stereocenters. The molecule has 0 saturated heterocycles. The minimum atomic E-state index is -0.493. The maximum absolute atomic E-state index is 13.0. The molecule has 1 aliphatic carbocycles. The summed E-state index contributed by atoms with van der Waals surface area (Å²) in [6, 6.07) is 3.57. The van der Waals surface area contributed by atoms with Crippen molar-refractivity contribution in [2.24, 2.45) is 5.16 Å². The fourth-order valence-electron chi connectivity index (χ4n) is 2.92. The van der Waals surface area contributed by atoms with Crippen LogP contribution in [0.5, 0.6) is 0 Å². The predicted octanol–water partition coefficient (Wildman–Crippen LogP) is 1.32. The number of pyridine rings is 1. The zero-order valence-corrected chi connectivity index (χ0v) is 15.6. The van der Waals surface area contributed by atoms with Crippen LogP contribution in [0.15, 0.2) is 35.9 Å². The van der Waals surface area contributed by atoms with E-state index in [4.69, 9.17) is 9.57 Å². The Hall–Kier alpha value is -3.00. The Balaban J connectivity index is 1.96. The molecule has 0 radical (unpaired) electrons. The van der Waals surface area contributed by atoms with Crippen LogP contribution in [0, 0.1) is 0 Å². The lowest BCUT2D eigenvalue weighted by molar-refractivity contribution is -0.148. The molecule has 142 valence electrons. The summed E-state index contributed by atoms with van der Waals surface area (Å²) in [6.07, 6.45) is 5.00. The number of rotatable bonds is 7. The topological polar surface area (TPSA) is 86.0 Å². The SMILES string of the molecule is CCOC(=O)CO/N=C1/c2ccncc2C(=O)c2c1ccn2CCN(C)C. The third-order valence-corrected chi connectivity index (χ3v) is 4.19. The molecule has 0 N–H and O–H groups in total. The van der Waals surface area contributed by atoms with Crippen molar-refractivity contribution in [3.63, 3.8) is 0 Å². The highest BCUT2D eigenvalue weighted by Gasteiger charge is 2.32. The van der Waals surface area contributed by atoms with Gasteiger partial charge in [-0.2, -0.15) is 0 Å². The quantitative estimate of drug-likeness (QED) is 0.461. The molecule has 3 rings (SSSR count). The van der Waals surface area contributed by atoms with Gasteiger partial charge in [0, 0.05) is 42.8 Å². The maximum Gasteiger partial charge on any atom is 0.347 e. The van der Waals surface area contributed by atoms with E-state index < -0.39 is 5.97 Å². The molecule has 0 fully saturated rings. The van der Waals surface area contributed by atoms with Gasteiger partial charge in [0.15, 0.2) is 0 Å². The normalized spacial score (nSPS) is 14.2. The van der Waals surface area contributed by atoms with Crippen LogP contribution < -0.4 is 0 Å². The molecule has 8 nitrogen and oxygen atoms in total. The van der Waals surface area contributed by atoms with Gasteiger partial charge in [-0.3, -0.25) is 9.78 Å². The summed E-state index contributed by atoms with van der Waals surface area (Å²) < 4.78 is 6.75. The van der Waals surface area contributed by atoms with Crippen molar-refractivity contribution in [2.75, 3.05) is 33.9 Å². The number of likely N-dealkylation sites (N-methyl/N-ethyl adjacent to an activating group) is 1. The number of carbonyl (C=O) groups is 2. The van der Waals surface area contributed by atoms with Crippen LogP contribution in [0.2, 0.25) is 0 Å². The minimum Gasteiger partial charge on any atom is -0.463 e. The van der Waals surface area contributed by atoms with Gasteiger partial charge >= 0.3 is 5.97 Å². The van der Waals surface area contributed by atoms with Crippen molar-refractivity contribution in [3.8, 4) is 0 Å². The molecule has 2 aromatic rings. The molecular weight excluding hydrogens is 348 g/mol. The summed E-state index contributed by atoms with van der Waals surface area (Å²) >= 11 is 0. The van der Waals surface area contributed by atoms with E-state index in [0.717, 1.165) is 6.54 Å². The smallest absolute Gasteiger partial charge is 0.347 e. The number of carbonyl (C=O) groups excluding carboxylic acids is 2. The molecular formula is C19H22N4O4. The Morgan fingerprint density at radius 1 is 1.26 bits per heavy atom. The molecule has 0 aliphatic heterocycles. The molecule has 0 amide bonds. The molecule has 2 aromatic heterocycles. The van der Waals surface area contributed by atoms with Gasteiger partial charge in [-0.05, 0) is 33.2 Å². The number of ketones is 1. The summed E-state index contributed by atoms with van der Waals surface area (Å²) in [7, 11) is 3.96. The Morgan fingerprint density at radius 3 is 2.81 bits per heavy atom. The van der Waals surface area contributed by atoms with Crippen molar-refractivity contribution in [1.82, 2.24) is 14.5 Å². The van der Waals surface area contributed by atoms with Gasteiger partial charge in [-0.15, -0.1) is 0 Å². The Labute approximate surface area is 157 Å². The summed E-state index contributed by atoms with van der Waals surface area (Å²) in [6.45, 7) is 3.17. The number of ether oxygens (including phenoxy) is 1. The monoisotopic (exact) mass is 370 g/mol. The van der Waals surface area contributed by atoms with Crippen LogP contribution in [0.1, 0.15) is 34.1 Å². The first-order chi connectivity index (χ1) is 13.0. The fraction of sp³-hybridized carbons (Fsp3) is 0.368. The van der Waals surface area contributed by atoms with E-state index in [-0.39, 0.29) is 19.0 Å². The second kappa shape index (κ2) is 8.13. The molecule has 0 bridgehead atoms. The third-order valence-electron chi connectivity index (χ3n) is 4.19. The molecule has 8 heteroatoms. The molecule has 2 heterocycles. The number of oxime groups is 1. The number of hydrogen-bond donors (Lipinski definition) is 0. The van der Waals surface area contributed by atoms with E-state index in [1.165, 1.54) is 6.20 Å². The highest BCUT2D eigenvalue weighted by molar-refractivity contribution is 6.29. The average Bonchev–Trinajstić information content (AvgIpc) is 3.07. The second-order valence-electron chi connectivity index (χ2n) is 6.34. The van der Waals surface area contributed by atoms with E-state index in [1.807, 2.05) is 35.8 Å². The van der Waals surface area contributed by atoms with E-state index in [1.54, 1.807) is 19.2 Å². The van der Waals surface area contributed by atoms with Crippen molar-refractivity contribution in [2.45, 2.75) is 13.5 Å². The fourth-order valence-corrected chi connectivity index (χ4v) is 2.92. The van der Waals surface area contributed by atoms with Gasteiger partial charge in [-0.25, -0.2) is 4.79 Å². The van der Waals surface area contributed by atoms with Crippen LogP contribution in [-0.4, -0.2) is 65.8 Å². The van der Waals surface area contributed by atoms with Crippen LogP contribution in [-0.2, 0) is 20.9 Å². The first kappa shape index (κ1) is 18.8. The molecule has 0 spiro atoms. The van der Waals surface area contributed by atoms with Gasteiger partial charge in [0.1, 0.15) is 5.71 Å². The van der Waals surface area contributed by atoms with Crippen LogP contribution >= 0.6 is 0 Å².